The highest BCUT2D eigenvalue weighted by Crippen LogP contribution is 2.33. The summed E-state index contributed by atoms with van der Waals surface area (Å²) in [7, 11) is 0. The zero-order valence-corrected chi connectivity index (χ0v) is 17.8. The molecule has 0 amide bonds. The van der Waals surface area contributed by atoms with Crippen LogP contribution in [0.1, 0.15) is 32.2 Å². The Balaban J connectivity index is 1.52. The van der Waals surface area contributed by atoms with Crippen molar-refractivity contribution in [2.75, 3.05) is 0 Å². The van der Waals surface area contributed by atoms with Gasteiger partial charge in [0.05, 0.1) is 17.0 Å². The van der Waals surface area contributed by atoms with Gasteiger partial charge in [-0.3, -0.25) is 9.20 Å². The molecular weight excluding hydrogens is 443 g/mol. The van der Waals surface area contributed by atoms with Gasteiger partial charge in [-0.25, -0.2) is 14.8 Å². The van der Waals surface area contributed by atoms with E-state index in [0.717, 1.165) is 29.0 Å². The molecule has 0 radical (unpaired) electrons. The molecular formula is C22H16F3N3O3S. The number of thiazole rings is 1. The summed E-state index contributed by atoms with van der Waals surface area (Å²) in [6, 6.07) is 9.39. The molecule has 0 aliphatic carbocycles. The van der Waals surface area contributed by atoms with Crippen LogP contribution in [0.5, 0.6) is 0 Å². The molecule has 10 heteroatoms. The number of fused-ring (bicyclic) bond motifs is 1. The van der Waals surface area contributed by atoms with E-state index in [-0.39, 0.29) is 17.0 Å². The van der Waals surface area contributed by atoms with Crippen LogP contribution in [0.2, 0.25) is 0 Å². The highest BCUT2D eigenvalue weighted by molar-refractivity contribution is 7.17. The molecule has 0 aliphatic rings. The van der Waals surface area contributed by atoms with Crippen LogP contribution < -0.4 is 5.56 Å². The second kappa shape index (κ2) is 8.19. The Labute approximate surface area is 184 Å². The van der Waals surface area contributed by atoms with Crippen molar-refractivity contribution in [1.29, 1.82) is 0 Å². The maximum atomic E-state index is 12.8. The third kappa shape index (κ3) is 4.40. The summed E-state index contributed by atoms with van der Waals surface area (Å²) in [5, 5.41) is 0.403. The van der Waals surface area contributed by atoms with E-state index in [2.05, 4.69) is 9.97 Å². The van der Waals surface area contributed by atoms with Crippen molar-refractivity contribution in [3.05, 3.63) is 86.4 Å². The van der Waals surface area contributed by atoms with Crippen LogP contribution in [-0.2, 0) is 17.5 Å². The van der Waals surface area contributed by atoms with E-state index in [4.69, 9.17) is 4.74 Å². The van der Waals surface area contributed by atoms with Gasteiger partial charge >= 0.3 is 12.1 Å². The molecule has 0 fully saturated rings. The molecule has 0 unspecified atom stereocenters. The van der Waals surface area contributed by atoms with E-state index in [1.165, 1.54) is 22.6 Å². The number of hydrogen-bond acceptors (Lipinski definition) is 6. The van der Waals surface area contributed by atoms with E-state index in [1.54, 1.807) is 25.3 Å². The minimum Gasteiger partial charge on any atom is -0.455 e. The predicted molar refractivity (Wildman–Crippen MR) is 113 cm³/mol. The third-order valence-electron chi connectivity index (χ3n) is 4.67. The minimum atomic E-state index is -4.43. The van der Waals surface area contributed by atoms with Gasteiger partial charge in [0.25, 0.3) is 5.56 Å². The van der Waals surface area contributed by atoms with Gasteiger partial charge in [0.2, 0.25) is 0 Å². The SMILES string of the molecule is Cc1ccn2c(=O)cc(COC(=O)c3sc(-c4ccc(C(F)(F)F)cc4)nc3C)nc2c1. The Morgan fingerprint density at radius 1 is 1.09 bits per heavy atom. The first-order valence-electron chi connectivity index (χ1n) is 9.43. The van der Waals surface area contributed by atoms with Gasteiger partial charge in [-0.05, 0) is 43.7 Å². The number of pyridine rings is 1. The Kier molecular flexibility index (Phi) is 5.55. The fraction of sp³-hybridized carbons (Fsp3) is 0.182. The number of ether oxygens (including phenoxy) is 1. The maximum absolute atomic E-state index is 12.8. The van der Waals surface area contributed by atoms with E-state index in [0.29, 0.717) is 27.6 Å². The monoisotopic (exact) mass is 459 g/mol. The molecule has 0 aliphatic heterocycles. The second-order valence-corrected chi connectivity index (χ2v) is 8.10. The number of carbonyl (C=O) groups is 1. The summed E-state index contributed by atoms with van der Waals surface area (Å²) in [4.78, 5) is 33.6. The van der Waals surface area contributed by atoms with Gasteiger partial charge in [0.1, 0.15) is 22.1 Å². The largest absolute Gasteiger partial charge is 0.455 e. The molecule has 3 heterocycles. The summed E-state index contributed by atoms with van der Waals surface area (Å²) >= 11 is 1.02. The van der Waals surface area contributed by atoms with Crippen LogP contribution in [0.15, 0.2) is 53.5 Å². The summed E-state index contributed by atoms with van der Waals surface area (Å²) in [6.45, 7) is 3.29. The van der Waals surface area contributed by atoms with E-state index < -0.39 is 17.7 Å². The number of aryl methyl sites for hydroxylation is 2. The van der Waals surface area contributed by atoms with Crippen molar-refractivity contribution in [2.24, 2.45) is 0 Å². The normalized spacial score (nSPS) is 11.7. The molecule has 6 nitrogen and oxygen atoms in total. The number of rotatable bonds is 4. The van der Waals surface area contributed by atoms with Gasteiger partial charge in [-0.1, -0.05) is 12.1 Å². The topological polar surface area (TPSA) is 73.6 Å². The molecule has 4 aromatic rings. The Bertz CT molecular complexity index is 1380. The standard InChI is InChI=1S/C22H16F3N3O3S/c1-12-7-8-28-17(9-12)27-16(10-18(28)29)11-31-21(30)19-13(2)26-20(32-19)14-3-5-15(6-4-14)22(23,24)25/h3-10H,11H2,1-2H3. The van der Waals surface area contributed by atoms with Crippen LogP contribution in [0.3, 0.4) is 0 Å². The molecule has 0 saturated carbocycles. The Hall–Kier alpha value is -3.53. The lowest BCUT2D eigenvalue weighted by Crippen LogP contribution is -2.16. The summed E-state index contributed by atoms with van der Waals surface area (Å²) in [5.74, 6) is -0.649. The number of alkyl halides is 3. The summed E-state index contributed by atoms with van der Waals surface area (Å²) in [6.07, 6.45) is -2.80. The lowest BCUT2D eigenvalue weighted by Gasteiger charge is -2.06. The summed E-state index contributed by atoms with van der Waals surface area (Å²) < 4.78 is 45.0. The number of hydrogen-bond donors (Lipinski definition) is 0. The second-order valence-electron chi connectivity index (χ2n) is 7.10. The van der Waals surface area contributed by atoms with Gasteiger partial charge in [0.15, 0.2) is 0 Å². The highest BCUT2D eigenvalue weighted by Gasteiger charge is 2.30. The molecule has 0 spiro atoms. The van der Waals surface area contributed by atoms with Gasteiger partial charge in [-0.2, -0.15) is 13.2 Å². The highest BCUT2D eigenvalue weighted by atomic mass is 32.1. The molecule has 4 rings (SSSR count). The fourth-order valence-electron chi connectivity index (χ4n) is 3.04. The lowest BCUT2D eigenvalue weighted by atomic mass is 10.1. The number of esters is 1. The molecule has 0 saturated heterocycles. The number of aromatic nitrogens is 3. The smallest absolute Gasteiger partial charge is 0.416 e. The first-order valence-corrected chi connectivity index (χ1v) is 10.2. The number of benzene rings is 1. The third-order valence-corrected chi connectivity index (χ3v) is 5.85. The Morgan fingerprint density at radius 2 is 1.81 bits per heavy atom. The van der Waals surface area contributed by atoms with Crippen molar-refractivity contribution >= 4 is 23.0 Å². The molecule has 164 valence electrons. The van der Waals surface area contributed by atoms with Crippen LogP contribution >= 0.6 is 11.3 Å². The van der Waals surface area contributed by atoms with Crippen LogP contribution in [-0.4, -0.2) is 20.3 Å². The minimum absolute atomic E-state index is 0.203. The maximum Gasteiger partial charge on any atom is 0.416 e. The zero-order valence-electron chi connectivity index (χ0n) is 16.9. The number of carbonyl (C=O) groups excluding carboxylic acids is 1. The predicted octanol–water partition coefficient (Wildman–Crippen LogP) is 4.81. The number of halogens is 3. The zero-order chi connectivity index (χ0) is 23.0. The van der Waals surface area contributed by atoms with Crippen molar-refractivity contribution in [1.82, 2.24) is 14.4 Å². The van der Waals surface area contributed by atoms with Gasteiger partial charge < -0.3 is 4.74 Å². The average molecular weight is 459 g/mol. The van der Waals surface area contributed by atoms with E-state index in [1.807, 2.05) is 6.92 Å². The quantitative estimate of drug-likeness (QED) is 0.410. The van der Waals surface area contributed by atoms with Crippen LogP contribution in [0.25, 0.3) is 16.2 Å². The average Bonchev–Trinajstić information content (AvgIpc) is 3.13. The number of nitrogens with zero attached hydrogens (tertiary/aromatic N) is 3. The van der Waals surface area contributed by atoms with Crippen molar-refractivity contribution in [2.45, 2.75) is 26.6 Å². The van der Waals surface area contributed by atoms with Crippen molar-refractivity contribution < 1.29 is 22.7 Å². The Morgan fingerprint density at radius 3 is 2.50 bits per heavy atom. The van der Waals surface area contributed by atoms with Crippen molar-refractivity contribution in [3.63, 3.8) is 0 Å². The first-order chi connectivity index (χ1) is 15.1. The molecule has 3 aromatic heterocycles. The van der Waals surface area contributed by atoms with E-state index in [9.17, 15) is 22.8 Å². The molecule has 32 heavy (non-hydrogen) atoms. The van der Waals surface area contributed by atoms with Crippen LogP contribution in [0, 0.1) is 13.8 Å². The fourth-order valence-corrected chi connectivity index (χ4v) is 4.01. The first kappa shape index (κ1) is 21.7. The summed E-state index contributed by atoms with van der Waals surface area (Å²) in [5.41, 5.74) is 1.49. The van der Waals surface area contributed by atoms with E-state index >= 15 is 0 Å². The van der Waals surface area contributed by atoms with Gasteiger partial charge in [-0.15, -0.1) is 11.3 Å². The molecule has 0 atom stereocenters. The lowest BCUT2D eigenvalue weighted by molar-refractivity contribution is -0.137. The molecule has 1 aromatic carbocycles. The van der Waals surface area contributed by atoms with Gasteiger partial charge in [0, 0.05) is 17.8 Å². The van der Waals surface area contributed by atoms with Crippen LogP contribution in [0.4, 0.5) is 13.2 Å². The molecule has 0 N–H and O–H groups in total. The van der Waals surface area contributed by atoms with Crippen molar-refractivity contribution in [3.8, 4) is 10.6 Å². The molecule has 0 bridgehead atoms.